The van der Waals surface area contributed by atoms with Crippen LogP contribution in [0.15, 0.2) is 58.6 Å². The van der Waals surface area contributed by atoms with Crippen molar-refractivity contribution in [2.24, 2.45) is 57.4 Å². The molecule has 3 N–H and O–H groups in total. The summed E-state index contributed by atoms with van der Waals surface area (Å²) in [7, 11) is 3.53. The SMILES string of the molecule is CC(COC(C)(C)c1ccc(C(C)(C)c2ccc(OC(C)(C)C(O)C[N+](C)(C)N=C([O-])C3CCCCC3CC(=O)O)cc2)cc1)CC1C(C)C(CI)C1N=C([O-])C1CCCCC1C(=O)O. The van der Waals surface area contributed by atoms with Crippen molar-refractivity contribution < 1.29 is 49.2 Å². The van der Waals surface area contributed by atoms with E-state index in [4.69, 9.17) is 14.5 Å². The number of benzene rings is 2. The summed E-state index contributed by atoms with van der Waals surface area (Å²) in [6.45, 7) is 17.4. The normalized spacial score (nSPS) is 27.1. The van der Waals surface area contributed by atoms with Crippen LogP contribution in [0.3, 0.4) is 0 Å². The van der Waals surface area contributed by atoms with Crippen LogP contribution in [0.1, 0.15) is 136 Å². The zero-order valence-corrected chi connectivity index (χ0v) is 42.8. The highest BCUT2D eigenvalue weighted by Crippen LogP contribution is 2.48. The quantitative estimate of drug-likeness (QED) is 0.0277. The molecule has 3 aliphatic carbocycles. The maximum atomic E-state index is 13.4. The van der Waals surface area contributed by atoms with Crippen LogP contribution in [0.2, 0.25) is 0 Å². The Morgan fingerprint density at radius 2 is 1.35 bits per heavy atom. The lowest BCUT2D eigenvalue weighted by Gasteiger charge is -2.50. The minimum absolute atomic E-state index is 0.0344. The van der Waals surface area contributed by atoms with E-state index in [2.05, 4.69) is 93.5 Å². The van der Waals surface area contributed by atoms with Gasteiger partial charge in [0.2, 0.25) is 0 Å². The van der Waals surface area contributed by atoms with Crippen molar-refractivity contribution in [3.63, 3.8) is 0 Å². The Labute approximate surface area is 402 Å². The van der Waals surface area contributed by atoms with Crippen molar-refractivity contribution in [2.45, 2.75) is 148 Å². The zero-order valence-electron chi connectivity index (χ0n) is 40.6. The molecule has 0 heterocycles. The fourth-order valence-electron chi connectivity index (χ4n) is 10.6. The molecule has 13 heteroatoms. The number of carboxylic acid groups (broad SMARTS) is 2. The summed E-state index contributed by atoms with van der Waals surface area (Å²) in [5, 5.41) is 61.7. The third-order valence-corrected chi connectivity index (χ3v) is 16.2. The Bertz CT molecular complexity index is 1960. The molecule has 10 unspecified atom stereocenters. The molecule has 0 saturated heterocycles. The molecule has 0 aliphatic heterocycles. The van der Waals surface area contributed by atoms with Crippen molar-refractivity contribution in [1.29, 1.82) is 0 Å². The molecule has 0 spiro atoms. The second kappa shape index (κ2) is 21.8. The fraction of sp³-hybridized carbons (Fsp3) is 0.692. The van der Waals surface area contributed by atoms with Gasteiger partial charge < -0.3 is 40.0 Å². The van der Waals surface area contributed by atoms with Gasteiger partial charge in [0.1, 0.15) is 24.0 Å². The summed E-state index contributed by atoms with van der Waals surface area (Å²) in [4.78, 5) is 28.1. The zero-order chi connectivity index (χ0) is 48.1. The highest BCUT2D eigenvalue weighted by atomic mass is 127. The summed E-state index contributed by atoms with van der Waals surface area (Å²) in [5.41, 5.74) is 1.46. The topological polar surface area (TPSA) is 184 Å². The van der Waals surface area contributed by atoms with E-state index in [-0.39, 0.29) is 58.6 Å². The summed E-state index contributed by atoms with van der Waals surface area (Å²) in [6.07, 6.45) is 5.92. The number of hydrogen-bond acceptors (Lipinski definition) is 9. The molecule has 12 nitrogen and oxygen atoms in total. The Kier molecular flexibility index (Phi) is 17.7. The van der Waals surface area contributed by atoms with E-state index < -0.39 is 47.0 Å². The molecule has 2 aromatic rings. The monoisotopic (exact) mass is 1010 g/mol. The van der Waals surface area contributed by atoms with Crippen LogP contribution >= 0.6 is 22.6 Å². The number of halogens is 1. The lowest BCUT2D eigenvalue weighted by atomic mass is 9.60. The van der Waals surface area contributed by atoms with Crippen LogP contribution in [0, 0.1) is 47.3 Å². The largest absolute Gasteiger partial charge is 0.862 e. The van der Waals surface area contributed by atoms with E-state index in [1.54, 1.807) is 14.1 Å². The lowest BCUT2D eigenvalue weighted by Crippen LogP contribution is -2.53. The van der Waals surface area contributed by atoms with E-state index in [0.717, 1.165) is 53.2 Å². The average Bonchev–Trinajstić information content (AvgIpc) is 3.24. The van der Waals surface area contributed by atoms with Crippen molar-refractivity contribution in [2.75, 3.05) is 31.7 Å². The number of ether oxygens (including phenoxy) is 2. The summed E-state index contributed by atoms with van der Waals surface area (Å²) < 4.78 is 13.8. The molecule has 0 bridgehead atoms. The highest BCUT2D eigenvalue weighted by Gasteiger charge is 2.48. The fourth-order valence-corrected chi connectivity index (χ4v) is 11.9. The number of likely N-dealkylation sites (N-methyl/N-ethyl adjacent to an activating group) is 1. The minimum Gasteiger partial charge on any atom is -0.862 e. The third-order valence-electron chi connectivity index (χ3n) is 15.2. The molecule has 3 aliphatic rings. The second-order valence-corrected chi connectivity index (χ2v) is 22.6. The van der Waals surface area contributed by atoms with Gasteiger partial charge in [-0.15, -0.1) is 5.10 Å². The maximum absolute atomic E-state index is 13.4. The summed E-state index contributed by atoms with van der Waals surface area (Å²) in [6, 6.07) is 16.5. The molecule has 3 saturated carbocycles. The van der Waals surface area contributed by atoms with Crippen molar-refractivity contribution in [3.05, 3.63) is 65.2 Å². The van der Waals surface area contributed by atoms with E-state index in [1.807, 2.05) is 38.1 Å². The first-order valence-corrected chi connectivity index (χ1v) is 25.5. The molecule has 5 rings (SSSR count). The minimum atomic E-state index is -1.00. The van der Waals surface area contributed by atoms with Crippen LogP contribution in [0.4, 0.5) is 0 Å². The predicted molar refractivity (Wildman–Crippen MR) is 260 cm³/mol. The first-order valence-electron chi connectivity index (χ1n) is 23.9. The van der Waals surface area contributed by atoms with Gasteiger partial charge in [-0.25, -0.2) is 4.59 Å². The third kappa shape index (κ3) is 13.3. The number of aliphatic carboxylic acids is 2. The summed E-state index contributed by atoms with van der Waals surface area (Å²) in [5.74, 6) is -2.17. The standard InChI is InChI=1S/C52H78IN3O9/c1-32(27-42-33(2)43(29-53)46(42)54-47(60)40-17-13-14-18-41(40)49(62)63)31-64-51(5,6)37-21-19-35(20-22-37)50(3,4)36-23-25-38(26-24-36)65-52(7,8)44(57)30-56(9,10)55-48(61)39-16-12-11-15-34(39)28-45(58)59/h19-26,32-34,39-44,46,57H,11-18,27-31H2,1-10H3,(H3-,54,55,58,59,60,61,62,63)/p-1. The lowest BCUT2D eigenvalue weighted by molar-refractivity contribution is -0.902. The number of carboxylic acids is 2. The first-order chi connectivity index (χ1) is 30.4. The van der Waals surface area contributed by atoms with Gasteiger partial charge in [0, 0.05) is 22.2 Å². The first kappa shape index (κ1) is 52.7. The maximum Gasteiger partial charge on any atom is 0.307 e. The molecule has 0 radical (unpaired) electrons. The number of nitrogens with zero attached hydrogens (tertiary/aromatic N) is 3. The predicted octanol–water partition coefficient (Wildman–Crippen LogP) is 8.18. The van der Waals surface area contributed by atoms with Gasteiger partial charge in [0.15, 0.2) is 0 Å². The van der Waals surface area contributed by atoms with Gasteiger partial charge in [-0.3, -0.25) is 9.59 Å². The number of carbonyl (C=O) groups is 2. The van der Waals surface area contributed by atoms with Crippen LogP contribution in [-0.2, 0) is 25.3 Å². The van der Waals surface area contributed by atoms with E-state index in [0.29, 0.717) is 49.9 Å². The van der Waals surface area contributed by atoms with Gasteiger partial charge in [0.05, 0.1) is 38.3 Å². The van der Waals surface area contributed by atoms with E-state index >= 15 is 0 Å². The molecule has 3 fully saturated rings. The molecule has 2 aromatic carbocycles. The molecule has 362 valence electrons. The number of hydrogen-bond donors (Lipinski definition) is 3. The van der Waals surface area contributed by atoms with Gasteiger partial charge in [-0.05, 0) is 136 Å². The molecular weight excluding hydrogens is 937 g/mol. The molecule has 0 amide bonds. The number of aliphatic imine (C=N–C) groups is 1. The van der Waals surface area contributed by atoms with Crippen molar-refractivity contribution >= 4 is 46.3 Å². The van der Waals surface area contributed by atoms with Crippen LogP contribution in [0.25, 0.3) is 0 Å². The van der Waals surface area contributed by atoms with Gasteiger partial charge in [0.25, 0.3) is 0 Å². The van der Waals surface area contributed by atoms with E-state index in [1.165, 1.54) is 0 Å². The molecule has 10 atom stereocenters. The number of quaternary nitrogens is 1. The average molecular weight is 1020 g/mol. The molecule has 0 aromatic heterocycles. The van der Waals surface area contributed by atoms with Crippen LogP contribution in [-0.4, -0.2) is 93.1 Å². The summed E-state index contributed by atoms with van der Waals surface area (Å²) >= 11 is 2.40. The highest BCUT2D eigenvalue weighted by molar-refractivity contribution is 14.1. The number of alkyl halides is 1. The van der Waals surface area contributed by atoms with Gasteiger partial charge >= 0.3 is 11.9 Å². The smallest absolute Gasteiger partial charge is 0.307 e. The van der Waals surface area contributed by atoms with E-state index in [9.17, 15) is 35.1 Å². The number of rotatable bonds is 21. The Balaban J connectivity index is 1.16. The van der Waals surface area contributed by atoms with Crippen molar-refractivity contribution in [1.82, 2.24) is 0 Å². The Morgan fingerprint density at radius 3 is 1.92 bits per heavy atom. The van der Waals surface area contributed by atoms with Crippen molar-refractivity contribution in [3.8, 4) is 5.75 Å². The van der Waals surface area contributed by atoms with Crippen LogP contribution < -0.4 is 14.9 Å². The Morgan fingerprint density at radius 1 is 0.815 bits per heavy atom. The number of aliphatic hydroxyl groups excluding tert-OH is 1. The van der Waals surface area contributed by atoms with Gasteiger partial charge in [-0.2, -0.15) is 0 Å². The van der Waals surface area contributed by atoms with Crippen LogP contribution in [0.5, 0.6) is 5.75 Å². The second-order valence-electron chi connectivity index (χ2n) is 21.7. The molecule has 65 heavy (non-hydrogen) atoms. The Hall–Kier alpha value is -3.27. The van der Waals surface area contributed by atoms with Gasteiger partial charge in [-0.1, -0.05) is 112 Å². The number of aliphatic hydroxyl groups is 1. The molecular formula is C52H77IN3O9-.